The third kappa shape index (κ3) is 29.4. The molecule has 0 saturated heterocycles. The Balaban J connectivity index is -0.0000000924. The molecule has 1 aromatic heterocycles. The molecular formula is C37H74F2N4O3. The van der Waals surface area contributed by atoms with E-state index in [4.69, 9.17) is 5.11 Å². The molecule has 1 rings (SSSR count). The Hall–Kier alpha value is -3.29. The molecule has 0 aromatic carbocycles. The highest BCUT2D eigenvalue weighted by molar-refractivity contribution is 5.88. The second-order valence-electron chi connectivity index (χ2n) is 9.74. The van der Waals surface area contributed by atoms with E-state index in [0.717, 1.165) is 71.8 Å². The summed E-state index contributed by atoms with van der Waals surface area (Å²) in [4.78, 5) is 25.6. The van der Waals surface area contributed by atoms with Crippen molar-refractivity contribution in [1.29, 1.82) is 0 Å². The van der Waals surface area contributed by atoms with Gasteiger partial charge in [-0.15, -0.1) is 5.73 Å². The molecule has 0 unspecified atom stereocenters. The van der Waals surface area contributed by atoms with Crippen LogP contribution in [0.25, 0.3) is 0 Å². The van der Waals surface area contributed by atoms with Crippen LogP contribution in [0, 0.1) is 0 Å². The SMILES string of the molecule is C=C=C(NC(CCCC)(CCCC)CCCCC(C)=O)C(C)(F)F.C=CC(=O)n1ccn1C.C=CC=N/C=C\C.CC.CC.CO.[HH].[HH].[HH]. The number of ketones is 1. The van der Waals surface area contributed by atoms with Crippen LogP contribution < -0.4 is 5.32 Å². The number of unbranched alkanes of at least 4 members (excludes halogenated alkanes) is 3. The minimum Gasteiger partial charge on any atom is -0.400 e. The molecule has 7 nitrogen and oxygen atoms in total. The minimum atomic E-state index is -2.97. The largest absolute Gasteiger partial charge is 0.400 e. The van der Waals surface area contributed by atoms with Gasteiger partial charge >= 0.3 is 0 Å². The van der Waals surface area contributed by atoms with Gasteiger partial charge in [-0.3, -0.25) is 14.5 Å². The highest BCUT2D eigenvalue weighted by Crippen LogP contribution is 2.32. The van der Waals surface area contributed by atoms with Gasteiger partial charge in [0.1, 0.15) is 11.5 Å². The normalized spacial score (nSPS) is 10.1. The lowest BCUT2D eigenvalue weighted by atomic mass is 9.81. The zero-order valence-electron chi connectivity index (χ0n) is 31.1. The van der Waals surface area contributed by atoms with Crippen molar-refractivity contribution in [1.82, 2.24) is 14.7 Å². The molecule has 9 heteroatoms. The summed E-state index contributed by atoms with van der Waals surface area (Å²) in [7, 11) is 2.79. The number of aromatic nitrogens is 2. The molecule has 1 heterocycles. The molecular weight excluding hydrogens is 586 g/mol. The maximum atomic E-state index is 13.8. The molecule has 0 radical (unpaired) electrons. The first-order valence-corrected chi connectivity index (χ1v) is 16.5. The first-order valence-electron chi connectivity index (χ1n) is 16.5. The van der Waals surface area contributed by atoms with Crippen LogP contribution in [-0.4, -0.2) is 50.9 Å². The third-order valence-electron chi connectivity index (χ3n) is 6.05. The number of hydrogen-bond acceptors (Lipinski definition) is 5. The van der Waals surface area contributed by atoms with Gasteiger partial charge in [-0.25, -0.2) is 4.68 Å². The fourth-order valence-corrected chi connectivity index (χ4v) is 3.79. The van der Waals surface area contributed by atoms with Crippen LogP contribution in [0.2, 0.25) is 0 Å². The minimum absolute atomic E-state index is 0. The zero-order valence-corrected chi connectivity index (χ0v) is 31.1. The first kappa shape index (κ1) is 52.3. The summed E-state index contributed by atoms with van der Waals surface area (Å²) >= 11 is 0. The number of aliphatic hydroxyl groups excluding tert-OH is 1. The monoisotopic (exact) mass is 661 g/mol. The Morgan fingerprint density at radius 1 is 1.00 bits per heavy atom. The van der Waals surface area contributed by atoms with Gasteiger partial charge in [-0.2, -0.15) is 8.78 Å². The van der Waals surface area contributed by atoms with E-state index in [0.29, 0.717) is 6.42 Å². The summed E-state index contributed by atoms with van der Waals surface area (Å²) in [5, 5.41) is 10.1. The summed E-state index contributed by atoms with van der Waals surface area (Å²) in [5.74, 6) is -2.88. The maximum absolute atomic E-state index is 13.8. The van der Waals surface area contributed by atoms with Crippen molar-refractivity contribution in [2.45, 2.75) is 138 Å². The quantitative estimate of drug-likeness (QED) is 0.0753. The van der Waals surface area contributed by atoms with E-state index in [2.05, 4.69) is 49.6 Å². The van der Waals surface area contributed by atoms with Crippen molar-refractivity contribution in [2.24, 2.45) is 12.0 Å². The van der Waals surface area contributed by atoms with Crippen molar-refractivity contribution in [3.8, 4) is 0 Å². The molecule has 274 valence electrons. The van der Waals surface area contributed by atoms with Gasteiger partial charge in [0.2, 0.25) is 0 Å². The molecule has 0 aliphatic heterocycles. The molecule has 1 aromatic rings. The Morgan fingerprint density at radius 3 is 1.78 bits per heavy atom. The lowest BCUT2D eigenvalue weighted by Gasteiger charge is -2.38. The van der Waals surface area contributed by atoms with Crippen molar-refractivity contribution < 1.29 is 27.8 Å². The molecule has 0 aliphatic carbocycles. The number of carbonyl (C=O) groups excluding carboxylic acids is 2. The van der Waals surface area contributed by atoms with Crippen molar-refractivity contribution in [2.75, 3.05) is 7.11 Å². The number of hydrogen-bond donors (Lipinski definition) is 2. The number of aryl methyl sites for hydroxylation is 1. The molecule has 46 heavy (non-hydrogen) atoms. The van der Waals surface area contributed by atoms with E-state index >= 15 is 0 Å². The highest BCUT2D eigenvalue weighted by Gasteiger charge is 2.36. The fraction of sp³-hybridized carbons (Fsp3) is 0.622. The topological polar surface area (TPSA) is 88.6 Å². The molecule has 0 atom stereocenters. The molecule has 0 amide bonds. The highest BCUT2D eigenvalue weighted by atomic mass is 19.3. The number of allylic oxidation sites excluding steroid dienone is 4. The molecule has 0 bridgehead atoms. The van der Waals surface area contributed by atoms with Gasteiger partial charge in [0.05, 0.1) is 0 Å². The van der Waals surface area contributed by atoms with Crippen LogP contribution in [0.3, 0.4) is 0 Å². The second kappa shape index (κ2) is 36.2. The number of alkyl halides is 2. The Morgan fingerprint density at radius 2 is 1.50 bits per heavy atom. The summed E-state index contributed by atoms with van der Waals surface area (Å²) in [6.07, 6.45) is 20.4. The van der Waals surface area contributed by atoms with E-state index in [1.807, 2.05) is 40.7 Å². The number of nitrogens with one attached hydrogen (secondary N) is 1. The number of Topliss-reactive ketones (excluding diaryl/α,β-unsaturated/α-hetero) is 1. The summed E-state index contributed by atoms with van der Waals surface area (Å²) in [6, 6.07) is 0. The zero-order chi connectivity index (χ0) is 37.0. The Labute approximate surface area is 285 Å². The van der Waals surface area contributed by atoms with Crippen LogP contribution in [0.4, 0.5) is 8.78 Å². The predicted octanol–water partition coefficient (Wildman–Crippen LogP) is 11.0. The second-order valence-corrected chi connectivity index (χ2v) is 9.74. The van der Waals surface area contributed by atoms with Gasteiger partial charge in [0, 0.05) is 62.1 Å². The van der Waals surface area contributed by atoms with Crippen molar-refractivity contribution >= 4 is 17.9 Å². The van der Waals surface area contributed by atoms with E-state index in [9.17, 15) is 18.4 Å². The van der Waals surface area contributed by atoms with Crippen molar-refractivity contribution in [3.63, 3.8) is 0 Å². The predicted molar refractivity (Wildman–Crippen MR) is 202 cm³/mol. The average molecular weight is 661 g/mol. The first-order chi connectivity index (χ1) is 21.9. The van der Waals surface area contributed by atoms with E-state index in [1.165, 1.54) is 10.8 Å². The van der Waals surface area contributed by atoms with Gasteiger partial charge < -0.3 is 15.2 Å². The molecule has 0 fully saturated rings. The molecule has 0 aliphatic rings. The van der Waals surface area contributed by atoms with Crippen LogP contribution >= 0.6 is 0 Å². The van der Waals surface area contributed by atoms with Gasteiger partial charge in [0.25, 0.3) is 11.8 Å². The van der Waals surface area contributed by atoms with Gasteiger partial charge in [-0.05, 0) is 45.6 Å². The van der Waals surface area contributed by atoms with Crippen LogP contribution in [-0.2, 0) is 11.8 Å². The maximum Gasteiger partial charge on any atom is 0.291 e. The standard InChI is InChI=1S/C20H35F2NO.C6H8N2O.C6H9N.2C2H6.CH4O.3H2/c1-6-9-14-20(15-10-7-2,16-12-11-13-17(4)24)23-18(8-3)19(5,21)22;1-3-6(9)8-5-4-7(8)2;1-3-5-7-6-4-2;3*1-2;;;/h23H,3,6-7,9-16H2,1-2,4-5H3;3-5H,1H2,2H3;3-6H,1H2,2H3;2*1-2H3;2H,1H3;3*1H/b;;6-4-,7-5?;;;;;;. The fourth-order valence-electron chi connectivity index (χ4n) is 3.79. The average Bonchev–Trinajstić information content (AvgIpc) is 3.05. The summed E-state index contributed by atoms with van der Waals surface area (Å²) < 4.78 is 30.8. The smallest absolute Gasteiger partial charge is 0.291 e. The number of rotatable bonds is 17. The number of aliphatic imine (C=N–C) groups is 1. The Bertz CT molecular complexity index is 988. The lowest BCUT2D eigenvalue weighted by molar-refractivity contribution is -0.117. The molecule has 0 spiro atoms. The van der Waals surface area contributed by atoms with Crippen LogP contribution in [0.5, 0.6) is 0 Å². The summed E-state index contributed by atoms with van der Waals surface area (Å²) in [5.41, 5.74) is 1.84. The molecule has 2 N–H and O–H groups in total. The molecule has 0 saturated carbocycles. The van der Waals surface area contributed by atoms with Gasteiger partial charge in [-0.1, -0.05) is 106 Å². The number of carbonyl (C=O) groups is 2. The van der Waals surface area contributed by atoms with Crippen LogP contribution in [0.15, 0.2) is 73.0 Å². The van der Waals surface area contributed by atoms with Crippen LogP contribution in [0.1, 0.15) is 136 Å². The van der Waals surface area contributed by atoms with E-state index < -0.39 is 5.92 Å². The van der Waals surface area contributed by atoms with Gasteiger partial charge in [0.15, 0.2) is 0 Å². The van der Waals surface area contributed by atoms with E-state index in [-0.39, 0.29) is 27.2 Å². The van der Waals surface area contributed by atoms with Crippen molar-refractivity contribution in [3.05, 3.63) is 68.0 Å². The lowest BCUT2D eigenvalue weighted by Crippen LogP contribution is -2.47. The third-order valence-corrected chi connectivity index (χ3v) is 6.05. The van der Waals surface area contributed by atoms with E-state index in [1.54, 1.807) is 49.5 Å². The number of nitrogens with zero attached hydrogens (tertiary/aromatic N) is 3. The Kier molecular flexibility index (Phi) is 41.1. The summed E-state index contributed by atoms with van der Waals surface area (Å²) in [6.45, 7) is 26.9. The number of aliphatic hydroxyl groups is 1. The number of halogens is 2.